The van der Waals surface area contributed by atoms with Gasteiger partial charge in [0.1, 0.15) is 0 Å². The van der Waals surface area contributed by atoms with Gasteiger partial charge in [-0.25, -0.2) is 0 Å². The van der Waals surface area contributed by atoms with Crippen LogP contribution >= 0.6 is 0 Å². The summed E-state index contributed by atoms with van der Waals surface area (Å²) in [6.07, 6.45) is 0.344. The number of likely N-dealkylation sites (tertiary alicyclic amines) is 1. The third kappa shape index (κ3) is 3.31. The molecule has 2 aromatic rings. The molecule has 1 spiro atoms. The van der Waals surface area contributed by atoms with Crippen LogP contribution in [-0.2, 0) is 20.7 Å². The Morgan fingerprint density at radius 2 is 1.86 bits per heavy atom. The Morgan fingerprint density at radius 1 is 1.14 bits per heavy atom. The first kappa shape index (κ1) is 18.7. The lowest BCUT2D eigenvalue weighted by molar-refractivity contribution is -0.166. The molecule has 2 saturated heterocycles. The topological polar surface area (TPSA) is 49.9 Å². The van der Waals surface area contributed by atoms with Crippen LogP contribution in [0.4, 0.5) is 0 Å². The summed E-state index contributed by atoms with van der Waals surface area (Å²) in [5.41, 5.74) is 2.25. The number of amides is 2. The second kappa shape index (κ2) is 7.40. The second-order valence-corrected chi connectivity index (χ2v) is 7.86. The number of morpholine rings is 1. The smallest absolute Gasteiger partial charge is 0.257 e. The molecule has 4 rings (SSSR count). The molecule has 2 atom stereocenters. The van der Waals surface area contributed by atoms with Crippen molar-refractivity contribution in [3.05, 3.63) is 71.3 Å². The van der Waals surface area contributed by atoms with Gasteiger partial charge in [0.2, 0.25) is 5.91 Å². The Morgan fingerprint density at radius 3 is 2.57 bits per heavy atom. The van der Waals surface area contributed by atoms with E-state index in [-0.39, 0.29) is 17.7 Å². The Bertz CT molecular complexity index is 865. The van der Waals surface area contributed by atoms with Crippen molar-refractivity contribution < 1.29 is 14.3 Å². The molecule has 0 aliphatic carbocycles. The van der Waals surface area contributed by atoms with E-state index in [2.05, 4.69) is 0 Å². The summed E-state index contributed by atoms with van der Waals surface area (Å²) < 4.78 is 6.14. The van der Waals surface area contributed by atoms with Gasteiger partial charge in [-0.15, -0.1) is 0 Å². The lowest BCUT2D eigenvalue weighted by Crippen LogP contribution is -2.59. The van der Waals surface area contributed by atoms with E-state index >= 15 is 0 Å². The molecule has 2 fully saturated rings. The van der Waals surface area contributed by atoms with E-state index in [1.807, 2.05) is 68.6 Å². The molecule has 0 bridgehead atoms. The molecule has 0 unspecified atom stereocenters. The number of rotatable bonds is 3. The molecule has 2 aliphatic rings. The van der Waals surface area contributed by atoms with E-state index < -0.39 is 5.60 Å². The van der Waals surface area contributed by atoms with Crippen LogP contribution in [0.25, 0.3) is 0 Å². The van der Waals surface area contributed by atoms with Crippen molar-refractivity contribution in [3.8, 4) is 0 Å². The number of hydrogen-bond acceptors (Lipinski definition) is 3. The van der Waals surface area contributed by atoms with Gasteiger partial charge in [-0.05, 0) is 18.1 Å². The molecule has 0 N–H and O–H groups in total. The van der Waals surface area contributed by atoms with Gasteiger partial charge in [0.25, 0.3) is 5.91 Å². The number of nitrogens with zero attached hydrogens (tertiary/aromatic N) is 2. The molecular formula is C23H26N2O3. The maximum absolute atomic E-state index is 13.1. The van der Waals surface area contributed by atoms with E-state index in [1.54, 1.807) is 9.80 Å². The third-order valence-corrected chi connectivity index (χ3v) is 5.91. The number of carbonyl (C=O) groups is 2. The van der Waals surface area contributed by atoms with Crippen molar-refractivity contribution in [2.75, 3.05) is 33.3 Å². The molecular weight excluding hydrogens is 352 g/mol. The Hall–Kier alpha value is -2.66. The van der Waals surface area contributed by atoms with E-state index in [9.17, 15) is 9.59 Å². The zero-order valence-electron chi connectivity index (χ0n) is 16.4. The van der Waals surface area contributed by atoms with E-state index in [0.717, 1.165) is 11.1 Å². The van der Waals surface area contributed by atoms with E-state index in [1.165, 1.54) is 5.56 Å². The fourth-order valence-corrected chi connectivity index (χ4v) is 4.33. The predicted octanol–water partition coefficient (Wildman–Crippen LogP) is 2.39. The number of carbonyl (C=O) groups excluding carboxylic acids is 2. The van der Waals surface area contributed by atoms with Gasteiger partial charge in [0.05, 0.1) is 19.6 Å². The largest absolute Gasteiger partial charge is 0.361 e. The first-order valence-electron chi connectivity index (χ1n) is 9.77. The molecule has 0 radical (unpaired) electrons. The summed E-state index contributed by atoms with van der Waals surface area (Å²) in [6.45, 7) is 3.83. The maximum atomic E-state index is 13.1. The molecule has 2 heterocycles. The van der Waals surface area contributed by atoms with Gasteiger partial charge in [0.15, 0.2) is 5.60 Å². The number of aryl methyl sites for hydroxylation is 1. The quantitative estimate of drug-likeness (QED) is 0.824. The summed E-state index contributed by atoms with van der Waals surface area (Å²) in [7, 11) is 1.81. The summed E-state index contributed by atoms with van der Waals surface area (Å²) in [6, 6.07) is 18.0. The van der Waals surface area contributed by atoms with Crippen molar-refractivity contribution in [2.45, 2.75) is 24.9 Å². The van der Waals surface area contributed by atoms with Crippen LogP contribution in [0.15, 0.2) is 54.6 Å². The van der Waals surface area contributed by atoms with E-state index in [4.69, 9.17) is 4.74 Å². The van der Waals surface area contributed by atoms with Crippen LogP contribution in [0.3, 0.4) is 0 Å². The SMILES string of the molecule is Cc1ccc(CC(=O)N2CCO[C@]3(C2)C(=O)N(C)C[C@@H]3c2ccccc2)cc1. The molecule has 2 aliphatic heterocycles. The number of ether oxygens (including phenoxy) is 1. The molecule has 2 amide bonds. The highest BCUT2D eigenvalue weighted by Gasteiger charge is 2.57. The minimum atomic E-state index is -0.989. The minimum Gasteiger partial charge on any atom is -0.361 e. The van der Waals surface area contributed by atoms with Gasteiger partial charge < -0.3 is 14.5 Å². The maximum Gasteiger partial charge on any atom is 0.257 e. The van der Waals surface area contributed by atoms with E-state index in [0.29, 0.717) is 32.7 Å². The van der Waals surface area contributed by atoms with Crippen LogP contribution in [0.5, 0.6) is 0 Å². The number of hydrogen-bond donors (Lipinski definition) is 0. The standard InChI is InChI=1S/C23H26N2O3/c1-17-8-10-18(11-9-17)14-21(26)25-12-13-28-23(16-25)20(15-24(2)22(23)27)19-6-4-3-5-7-19/h3-11,20H,12-16H2,1-2H3/t20-,23+/m1/s1. The molecule has 5 nitrogen and oxygen atoms in total. The minimum absolute atomic E-state index is 0.0332. The van der Waals surface area contributed by atoms with Crippen LogP contribution in [-0.4, -0.2) is 60.5 Å². The highest BCUT2D eigenvalue weighted by atomic mass is 16.5. The van der Waals surface area contributed by atoms with Gasteiger partial charge in [0, 0.05) is 26.1 Å². The second-order valence-electron chi connectivity index (χ2n) is 7.86. The molecule has 0 aromatic heterocycles. The van der Waals surface area contributed by atoms with Gasteiger partial charge in [-0.3, -0.25) is 9.59 Å². The van der Waals surface area contributed by atoms with Crippen molar-refractivity contribution in [1.82, 2.24) is 9.80 Å². The van der Waals surface area contributed by atoms with Crippen molar-refractivity contribution in [3.63, 3.8) is 0 Å². The summed E-state index contributed by atoms with van der Waals surface area (Å²) in [5.74, 6) is -0.0731. The highest BCUT2D eigenvalue weighted by molar-refractivity contribution is 5.90. The number of likely N-dealkylation sites (N-methyl/N-ethyl adjacent to an activating group) is 1. The number of benzene rings is 2. The van der Waals surface area contributed by atoms with Gasteiger partial charge >= 0.3 is 0 Å². The normalized spacial score (nSPS) is 24.8. The lowest BCUT2D eigenvalue weighted by Gasteiger charge is -2.42. The first-order valence-corrected chi connectivity index (χ1v) is 9.77. The Labute approximate surface area is 165 Å². The average Bonchev–Trinajstić information content (AvgIpc) is 2.95. The third-order valence-electron chi connectivity index (χ3n) is 5.91. The average molecular weight is 378 g/mol. The molecule has 5 heteroatoms. The Balaban J connectivity index is 1.57. The first-order chi connectivity index (χ1) is 13.5. The fraction of sp³-hybridized carbons (Fsp3) is 0.391. The molecule has 28 heavy (non-hydrogen) atoms. The summed E-state index contributed by atoms with van der Waals surface area (Å²) >= 11 is 0. The molecule has 0 saturated carbocycles. The van der Waals surface area contributed by atoms with Crippen molar-refractivity contribution in [2.24, 2.45) is 0 Å². The van der Waals surface area contributed by atoms with Gasteiger partial charge in [-0.1, -0.05) is 60.2 Å². The Kier molecular flexibility index (Phi) is 4.94. The zero-order valence-corrected chi connectivity index (χ0v) is 16.4. The summed E-state index contributed by atoms with van der Waals surface area (Å²) in [4.78, 5) is 29.6. The van der Waals surface area contributed by atoms with Gasteiger partial charge in [-0.2, -0.15) is 0 Å². The lowest BCUT2D eigenvalue weighted by atomic mass is 9.83. The zero-order chi connectivity index (χ0) is 19.7. The molecule has 146 valence electrons. The fourth-order valence-electron chi connectivity index (χ4n) is 4.33. The van der Waals surface area contributed by atoms with Crippen LogP contribution < -0.4 is 0 Å². The monoisotopic (exact) mass is 378 g/mol. The van der Waals surface area contributed by atoms with Crippen molar-refractivity contribution >= 4 is 11.8 Å². The van der Waals surface area contributed by atoms with Crippen LogP contribution in [0.2, 0.25) is 0 Å². The summed E-state index contributed by atoms with van der Waals surface area (Å²) in [5, 5.41) is 0. The van der Waals surface area contributed by atoms with Crippen molar-refractivity contribution in [1.29, 1.82) is 0 Å². The highest BCUT2D eigenvalue weighted by Crippen LogP contribution is 2.41. The van der Waals surface area contributed by atoms with Crippen LogP contribution in [0, 0.1) is 6.92 Å². The molecule has 2 aromatic carbocycles. The predicted molar refractivity (Wildman–Crippen MR) is 107 cm³/mol. The van der Waals surface area contributed by atoms with Crippen LogP contribution in [0.1, 0.15) is 22.6 Å².